The van der Waals surface area contributed by atoms with Gasteiger partial charge >= 0.3 is 0 Å². The van der Waals surface area contributed by atoms with Gasteiger partial charge in [0.25, 0.3) is 0 Å². The molecule has 24 heavy (non-hydrogen) atoms. The Hall–Kier alpha value is -2.06. The van der Waals surface area contributed by atoms with Crippen LogP contribution in [-0.4, -0.2) is 32.4 Å². The first-order valence-corrected chi connectivity index (χ1v) is 8.76. The third-order valence-electron chi connectivity index (χ3n) is 3.19. The summed E-state index contributed by atoms with van der Waals surface area (Å²) in [5.41, 5.74) is 0.757. The molecule has 0 spiro atoms. The molecule has 7 nitrogen and oxygen atoms in total. The summed E-state index contributed by atoms with van der Waals surface area (Å²) >= 11 is 7.46. The molecule has 1 N–H and O–H groups in total. The van der Waals surface area contributed by atoms with Gasteiger partial charge in [-0.2, -0.15) is 4.98 Å². The molecule has 2 aromatic heterocycles. The van der Waals surface area contributed by atoms with E-state index >= 15 is 0 Å². The van der Waals surface area contributed by atoms with Gasteiger partial charge in [0.15, 0.2) is 11.6 Å². The predicted octanol–water partition coefficient (Wildman–Crippen LogP) is 3.76. The van der Waals surface area contributed by atoms with Crippen molar-refractivity contribution in [2.45, 2.75) is 30.7 Å². The van der Waals surface area contributed by atoms with Crippen molar-refractivity contribution in [2.24, 2.45) is 0 Å². The van der Waals surface area contributed by atoms with E-state index in [-0.39, 0.29) is 0 Å². The average molecular weight is 366 g/mol. The molecule has 126 valence electrons. The highest BCUT2D eigenvalue weighted by Gasteiger charge is 2.13. The van der Waals surface area contributed by atoms with Crippen LogP contribution in [0.2, 0.25) is 5.02 Å². The summed E-state index contributed by atoms with van der Waals surface area (Å²) in [5.74, 6) is 3.07. The van der Waals surface area contributed by atoms with Gasteiger partial charge < -0.3 is 9.26 Å². The topological polar surface area (TPSA) is 89.7 Å². The zero-order valence-corrected chi connectivity index (χ0v) is 14.8. The normalized spacial score (nSPS) is 11.0. The molecule has 0 aliphatic carbocycles. The van der Waals surface area contributed by atoms with Gasteiger partial charge in [-0.1, -0.05) is 35.4 Å². The number of benzene rings is 1. The van der Waals surface area contributed by atoms with Crippen molar-refractivity contribution in [3.8, 4) is 17.1 Å². The molecular formula is C15H16ClN5O2S. The third kappa shape index (κ3) is 3.88. The number of methoxy groups -OCH3 is 1. The van der Waals surface area contributed by atoms with Gasteiger partial charge in [-0.05, 0) is 24.6 Å². The molecule has 0 amide bonds. The molecule has 3 rings (SSSR count). The largest absolute Gasteiger partial charge is 0.496 e. The first-order valence-electron chi connectivity index (χ1n) is 7.40. The van der Waals surface area contributed by atoms with Gasteiger partial charge in [0.2, 0.25) is 11.0 Å². The van der Waals surface area contributed by atoms with Crippen LogP contribution in [0.4, 0.5) is 0 Å². The number of hydrogen-bond acceptors (Lipinski definition) is 7. The fourth-order valence-corrected chi connectivity index (χ4v) is 2.90. The first kappa shape index (κ1) is 16.8. The summed E-state index contributed by atoms with van der Waals surface area (Å²) in [6.45, 7) is 2.07. The van der Waals surface area contributed by atoms with Crippen LogP contribution in [0.25, 0.3) is 11.4 Å². The summed E-state index contributed by atoms with van der Waals surface area (Å²) in [6.07, 6.45) is 1.80. The van der Waals surface area contributed by atoms with E-state index in [4.69, 9.17) is 20.9 Å². The maximum Gasteiger partial charge on any atom is 0.237 e. The molecule has 0 saturated carbocycles. The smallest absolute Gasteiger partial charge is 0.237 e. The number of rotatable bonds is 7. The lowest BCUT2D eigenvalue weighted by atomic mass is 10.2. The Kier molecular flexibility index (Phi) is 5.37. The predicted molar refractivity (Wildman–Crippen MR) is 91.2 cm³/mol. The van der Waals surface area contributed by atoms with Crippen molar-refractivity contribution in [3.05, 3.63) is 34.9 Å². The Morgan fingerprint density at radius 3 is 3.00 bits per heavy atom. The molecule has 0 atom stereocenters. The highest BCUT2D eigenvalue weighted by Crippen LogP contribution is 2.31. The minimum atomic E-state index is 0.515. The van der Waals surface area contributed by atoms with E-state index < -0.39 is 0 Å². The molecule has 0 bridgehead atoms. The van der Waals surface area contributed by atoms with Gasteiger partial charge in [0.05, 0.1) is 18.4 Å². The van der Waals surface area contributed by atoms with E-state index in [0.29, 0.717) is 33.4 Å². The van der Waals surface area contributed by atoms with Crippen LogP contribution < -0.4 is 4.74 Å². The van der Waals surface area contributed by atoms with Crippen molar-refractivity contribution in [2.75, 3.05) is 7.11 Å². The Morgan fingerprint density at radius 1 is 1.33 bits per heavy atom. The second-order valence-electron chi connectivity index (χ2n) is 4.95. The highest BCUT2D eigenvalue weighted by molar-refractivity contribution is 7.98. The SMILES string of the molecule is CCCc1noc(CSc2n[nH]c(-c3cc(Cl)ccc3OC)n2)n1. The molecule has 0 fully saturated rings. The Morgan fingerprint density at radius 2 is 2.21 bits per heavy atom. The number of nitrogens with one attached hydrogen (secondary N) is 1. The monoisotopic (exact) mass is 365 g/mol. The maximum absolute atomic E-state index is 6.05. The second kappa shape index (κ2) is 7.67. The standard InChI is InChI=1S/C15H16ClN5O2S/c1-3-4-12-17-13(23-21-12)8-24-15-18-14(19-20-15)10-7-9(16)5-6-11(10)22-2/h5-7H,3-4,8H2,1-2H3,(H,18,19,20). The van der Waals surface area contributed by atoms with Crippen LogP contribution in [0.1, 0.15) is 25.1 Å². The zero-order valence-electron chi connectivity index (χ0n) is 13.2. The van der Waals surface area contributed by atoms with Crippen LogP contribution in [0.15, 0.2) is 27.9 Å². The number of halogens is 1. The number of thioether (sulfide) groups is 1. The van der Waals surface area contributed by atoms with Crippen molar-refractivity contribution in [3.63, 3.8) is 0 Å². The number of aromatic nitrogens is 5. The van der Waals surface area contributed by atoms with E-state index in [0.717, 1.165) is 24.2 Å². The van der Waals surface area contributed by atoms with Gasteiger partial charge in [0, 0.05) is 11.4 Å². The fourth-order valence-electron chi connectivity index (χ4n) is 2.10. The van der Waals surface area contributed by atoms with Crippen LogP contribution in [0.5, 0.6) is 5.75 Å². The van der Waals surface area contributed by atoms with Gasteiger partial charge in [0.1, 0.15) is 5.75 Å². The number of aromatic amines is 1. The molecule has 0 radical (unpaired) electrons. The van der Waals surface area contributed by atoms with E-state index in [2.05, 4.69) is 32.2 Å². The minimum Gasteiger partial charge on any atom is -0.496 e. The van der Waals surface area contributed by atoms with Crippen molar-refractivity contribution >= 4 is 23.4 Å². The maximum atomic E-state index is 6.05. The zero-order chi connectivity index (χ0) is 16.9. The summed E-state index contributed by atoms with van der Waals surface area (Å²) < 4.78 is 10.5. The van der Waals surface area contributed by atoms with Crippen molar-refractivity contribution in [1.29, 1.82) is 0 Å². The molecule has 3 aromatic rings. The molecule has 1 aromatic carbocycles. The lowest BCUT2D eigenvalue weighted by molar-refractivity contribution is 0.384. The molecular weight excluding hydrogens is 350 g/mol. The molecule has 0 unspecified atom stereocenters. The lowest BCUT2D eigenvalue weighted by Crippen LogP contribution is -1.89. The van der Waals surface area contributed by atoms with Crippen molar-refractivity contribution in [1.82, 2.24) is 25.3 Å². The Bertz CT molecular complexity index is 820. The number of H-pyrrole nitrogens is 1. The molecule has 0 saturated heterocycles. The van der Waals surface area contributed by atoms with Crippen LogP contribution in [-0.2, 0) is 12.2 Å². The third-order valence-corrected chi connectivity index (χ3v) is 4.26. The fraction of sp³-hybridized carbons (Fsp3) is 0.333. The quantitative estimate of drug-likeness (QED) is 0.637. The Balaban J connectivity index is 1.70. The first-order chi connectivity index (χ1) is 11.7. The van der Waals surface area contributed by atoms with Crippen LogP contribution in [0, 0.1) is 0 Å². The van der Waals surface area contributed by atoms with Crippen molar-refractivity contribution < 1.29 is 9.26 Å². The van der Waals surface area contributed by atoms with E-state index in [9.17, 15) is 0 Å². The van der Waals surface area contributed by atoms with E-state index in [1.165, 1.54) is 11.8 Å². The average Bonchev–Trinajstić information content (AvgIpc) is 3.22. The molecule has 9 heteroatoms. The summed E-state index contributed by atoms with van der Waals surface area (Å²) in [6, 6.07) is 5.34. The number of nitrogens with zero attached hydrogens (tertiary/aromatic N) is 4. The Labute approximate surface area is 148 Å². The van der Waals surface area contributed by atoms with Gasteiger partial charge in [-0.3, -0.25) is 5.10 Å². The van der Waals surface area contributed by atoms with E-state index in [1.54, 1.807) is 25.3 Å². The second-order valence-corrected chi connectivity index (χ2v) is 6.33. The number of ether oxygens (including phenoxy) is 1. The highest BCUT2D eigenvalue weighted by atomic mass is 35.5. The molecule has 0 aliphatic heterocycles. The number of hydrogen-bond donors (Lipinski definition) is 1. The number of aryl methyl sites for hydroxylation is 1. The van der Waals surface area contributed by atoms with E-state index in [1.807, 2.05) is 0 Å². The minimum absolute atomic E-state index is 0.515. The van der Waals surface area contributed by atoms with Gasteiger partial charge in [-0.25, -0.2) is 4.98 Å². The summed E-state index contributed by atoms with van der Waals surface area (Å²) in [4.78, 5) is 8.77. The van der Waals surface area contributed by atoms with Gasteiger partial charge in [-0.15, -0.1) is 5.10 Å². The molecule has 0 aliphatic rings. The van der Waals surface area contributed by atoms with Crippen LogP contribution in [0.3, 0.4) is 0 Å². The lowest BCUT2D eigenvalue weighted by Gasteiger charge is -2.05. The molecule has 2 heterocycles. The van der Waals surface area contributed by atoms with Crippen LogP contribution >= 0.6 is 23.4 Å². The summed E-state index contributed by atoms with van der Waals surface area (Å²) in [7, 11) is 1.60. The summed E-state index contributed by atoms with van der Waals surface area (Å²) in [5, 5.41) is 12.2.